The van der Waals surface area contributed by atoms with E-state index in [-0.39, 0.29) is 0 Å². The van der Waals surface area contributed by atoms with Crippen LogP contribution in [0.1, 0.15) is 11.6 Å². The number of rotatable bonds is 5. The van der Waals surface area contributed by atoms with Crippen LogP contribution in [0.3, 0.4) is 0 Å². The van der Waals surface area contributed by atoms with Crippen LogP contribution in [0.5, 0.6) is 5.75 Å². The molecule has 0 unspecified atom stereocenters. The minimum Gasteiger partial charge on any atom is -0.496 e. The summed E-state index contributed by atoms with van der Waals surface area (Å²) < 4.78 is 50.1. The van der Waals surface area contributed by atoms with E-state index in [9.17, 15) is 13.2 Å². The van der Waals surface area contributed by atoms with Crippen LogP contribution in [-0.4, -0.2) is 33.0 Å². The SMILES string of the molecule is COc1cc(Nc2nc(C)cc3cn(CC(F)(F)F)nc23)ccc1-c1cnc(C)o1. The molecule has 0 saturated heterocycles. The van der Waals surface area contributed by atoms with Crippen LogP contribution in [0.4, 0.5) is 24.7 Å². The highest BCUT2D eigenvalue weighted by Crippen LogP contribution is 2.34. The molecule has 0 aliphatic carbocycles. The first-order valence-corrected chi connectivity index (χ1v) is 9.01. The largest absolute Gasteiger partial charge is 0.496 e. The molecular weight excluding hydrogens is 399 g/mol. The van der Waals surface area contributed by atoms with Gasteiger partial charge in [0.2, 0.25) is 0 Å². The highest BCUT2D eigenvalue weighted by Gasteiger charge is 2.28. The standard InChI is InChI=1S/C20H18F3N5O2/c1-11-6-13-9-28(10-20(21,22)23)27-18(13)19(25-11)26-14-4-5-15(16(7-14)29-3)17-8-24-12(2)30-17/h4-9H,10H2,1-3H3,(H,25,26). The number of hydrogen-bond donors (Lipinski definition) is 1. The summed E-state index contributed by atoms with van der Waals surface area (Å²) in [5.74, 6) is 2.01. The third-order valence-corrected chi connectivity index (χ3v) is 4.36. The molecule has 3 heterocycles. The number of halogens is 3. The van der Waals surface area contributed by atoms with Gasteiger partial charge in [0.1, 0.15) is 17.8 Å². The van der Waals surface area contributed by atoms with Crippen LogP contribution in [0, 0.1) is 13.8 Å². The molecule has 0 spiro atoms. The Morgan fingerprint density at radius 2 is 2.00 bits per heavy atom. The van der Waals surface area contributed by atoms with Gasteiger partial charge in [0.05, 0.1) is 18.9 Å². The molecule has 7 nitrogen and oxygen atoms in total. The van der Waals surface area contributed by atoms with Gasteiger partial charge in [-0.05, 0) is 25.1 Å². The van der Waals surface area contributed by atoms with Crippen LogP contribution in [-0.2, 0) is 6.54 Å². The molecule has 0 aliphatic heterocycles. The Balaban J connectivity index is 1.70. The number of fused-ring (bicyclic) bond motifs is 1. The highest BCUT2D eigenvalue weighted by molar-refractivity contribution is 5.90. The first-order valence-electron chi connectivity index (χ1n) is 9.01. The van der Waals surface area contributed by atoms with Crippen molar-refractivity contribution < 1.29 is 22.3 Å². The molecule has 0 aliphatic rings. The molecule has 30 heavy (non-hydrogen) atoms. The zero-order chi connectivity index (χ0) is 21.5. The predicted octanol–water partition coefficient (Wildman–Crippen LogP) is 5.02. The third kappa shape index (κ3) is 4.07. The van der Waals surface area contributed by atoms with Crippen molar-refractivity contribution in [3.63, 3.8) is 0 Å². The molecule has 4 rings (SSSR count). The number of aromatic nitrogens is 4. The lowest BCUT2D eigenvalue weighted by Crippen LogP contribution is -2.17. The Hall–Kier alpha value is -3.56. The minimum atomic E-state index is -4.36. The third-order valence-electron chi connectivity index (χ3n) is 4.36. The van der Waals surface area contributed by atoms with E-state index in [0.717, 1.165) is 10.2 Å². The summed E-state index contributed by atoms with van der Waals surface area (Å²) in [5.41, 5.74) is 2.35. The molecule has 0 amide bonds. The molecule has 0 bridgehead atoms. The number of pyridine rings is 1. The quantitative estimate of drug-likeness (QED) is 0.491. The topological polar surface area (TPSA) is 78.0 Å². The zero-order valence-corrected chi connectivity index (χ0v) is 16.4. The number of hydrogen-bond acceptors (Lipinski definition) is 6. The van der Waals surface area contributed by atoms with Crippen LogP contribution in [0.2, 0.25) is 0 Å². The van der Waals surface area contributed by atoms with Gasteiger partial charge in [0.15, 0.2) is 17.5 Å². The van der Waals surface area contributed by atoms with Crippen molar-refractivity contribution in [1.82, 2.24) is 19.7 Å². The number of anilines is 2. The van der Waals surface area contributed by atoms with Gasteiger partial charge in [-0.15, -0.1) is 0 Å². The fourth-order valence-electron chi connectivity index (χ4n) is 3.16. The van der Waals surface area contributed by atoms with Crippen molar-refractivity contribution in [3.05, 3.63) is 48.2 Å². The Morgan fingerprint density at radius 1 is 1.20 bits per heavy atom. The summed E-state index contributed by atoms with van der Waals surface area (Å²) in [6.07, 6.45) is -1.39. The lowest BCUT2D eigenvalue weighted by Gasteiger charge is -2.11. The van der Waals surface area contributed by atoms with Gasteiger partial charge in [-0.1, -0.05) is 0 Å². The number of nitrogens with zero attached hydrogens (tertiary/aromatic N) is 4. The summed E-state index contributed by atoms with van der Waals surface area (Å²) in [7, 11) is 1.54. The average Bonchev–Trinajstić information content (AvgIpc) is 3.25. The van der Waals surface area contributed by atoms with Crippen molar-refractivity contribution in [1.29, 1.82) is 0 Å². The highest BCUT2D eigenvalue weighted by atomic mass is 19.4. The molecule has 10 heteroatoms. The number of oxazole rings is 1. The Kier molecular flexibility index (Phi) is 4.84. The molecule has 1 aromatic carbocycles. The van der Waals surface area contributed by atoms with E-state index in [2.05, 4.69) is 20.4 Å². The Morgan fingerprint density at radius 3 is 2.67 bits per heavy atom. The molecule has 0 atom stereocenters. The van der Waals surface area contributed by atoms with Gasteiger partial charge in [0, 0.05) is 36.0 Å². The molecule has 0 fully saturated rings. The maximum Gasteiger partial charge on any atom is 0.408 e. The van der Waals surface area contributed by atoms with Gasteiger partial charge in [-0.2, -0.15) is 18.3 Å². The van der Waals surface area contributed by atoms with Crippen molar-refractivity contribution in [2.24, 2.45) is 0 Å². The summed E-state index contributed by atoms with van der Waals surface area (Å²) in [5, 5.41) is 7.76. The van der Waals surface area contributed by atoms with E-state index in [4.69, 9.17) is 9.15 Å². The fourth-order valence-corrected chi connectivity index (χ4v) is 3.16. The number of methoxy groups -OCH3 is 1. The Labute approximate surface area is 169 Å². The van der Waals surface area contributed by atoms with Crippen LogP contribution in [0.15, 0.2) is 41.1 Å². The maximum absolute atomic E-state index is 12.7. The molecule has 0 radical (unpaired) electrons. The van der Waals surface area contributed by atoms with Gasteiger partial charge in [-0.25, -0.2) is 9.97 Å². The van der Waals surface area contributed by atoms with Crippen LogP contribution < -0.4 is 10.1 Å². The summed E-state index contributed by atoms with van der Waals surface area (Å²) in [6.45, 7) is 2.35. The van der Waals surface area contributed by atoms with Gasteiger partial charge >= 0.3 is 6.18 Å². The number of benzene rings is 1. The minimum absolute atomic E-state index is 0.346. The van der Waals surface area contributed by atoms with E-state index in [1.54, 1.807) is 44.3 Å². The zero-order valence-electron chi connectivity index (χ0n) is 16.4. The number of alkyl halides is 3. The second-order valence-corrected chi connectivity index (χ2v) is 6.78. The van der Waals surface area contributed by atoms with Crippen molar-refractivity contribution >= 4 is 22.4 Å². The van der Waals surface area contributed by atoms with Crippen molar-refractivity contribution in [2.75, 3.05) is 12.4 Å². The predicted molar refractivity (Wildman–Crippen MR) is 105 cm³/mol. The number of nitrogens with one attached hydrogen (secondary N) is 1. The number of ether oxygens (including phenoxy) is 1. The Bertz CT molecular complexity index is 1210. The summed E-state index contributed by atoms with van der Waals surface area (Å²) in [6, 6.07) is 7.03. The van der Waals surface area contributed by atoms with Crippen molar-refractivity contribution in [3.8, 4) is 17.1 Å². The molecule has 1 N–H and O–H groups in total. The van der Waals surface area contributed by atoms with Crippen molar-refractivity contribution in [2.45, 2.75) is 26.6 Å². The first kappa shape index (κ1) is 19.7. The molecule has 3 aromatic heterocycles. The van der Waals surface area contributed by atoms with Gasteiger partial charge in [0.25, 0.3) is 0 Å². The summed E-state index contributed by atoms with van der Waals surface area (Å²) in [4.78, 5) is 8.50. The lowest BCUT2D eigenvalue weighted by molar-refractivity contribution is -0.142. The maximum atomic E-state index is 12.7. The van der Waals surface area contributed by atoms with E-state index >= 15 is 0 Å². The van der Waals surface area contributed by atoms with E-state index < -0.39 is 12.7 Å². The monoisotopic (exact) mass is 417 g/mol. The molecule has 0 saturated carbocycles. The second kappa shape index (κ2) is 7.36. The van der Waals surface area contributed by atoms with Crippen LogP contribution >= 0.6 is 0 Å². The average molecular weight is 417 g/mol. The van der Waals surface area contributed by atoms with Gasteiger partial charge in [-0.3, -0.25) is 4.68 Å². The van der Waals surface area contributed by atoms with E-state index in [1.165, 1.54) is 13.3 Å². The van der Waals surface area contributed by atoms with Gasteiger partial charge < -0.3 is 14.5 Å². The molecular formula is C20H18F3N5O2. The van der Waals surface area contributed by atoms with E-state index in [1.807, 2.05) is 0 Å². The normalized spacial score (nSPS) is 11.8. The summed E-state index contributed by atoms with van der Waals surface area (Å²) >= 11 is 0. The molecule has 156 valence electrons. The first-order chi connectivity index (χ1) is 14.2. The number of aryl methyl sites for hydroxylation is 2. The van der Waals surface area contributed by atoms with Crippen LogP contribution in [0.25, 0.3) is 22.2 Å². The smallest absolute Gasteiger partial charge is 0.408 e. The second-order valence-electron chi connectivity index (χ2n) is 6.78. The fraction of sp³-hybridized carbons (Fsp3) is 0.250. The lowest BCUT2D eigenvalue weighted by atomic mass is 10.1. The van der Waals surface area contributed by atoms with E-state index in [0.29, 0.717) is 45.5 Å². The molecule has 4 aromatic rings.